The van der Waals surface area contributed by atoms with E-state index < -0.39 is 18.1 Å². The summed E-state index contributed by atoms with van der Waals surface area (Å²) in [5.74, 6) is -1.17. The van der Waals surface area contributed by atoms with Crippen molar-refractivity contribution in [1.82, 2.24) is 9.78 Å². The summed E-state index contributed by atoms with van der Waals surface area (Å²) in [6.45, 7) is 11.5. The zero-order chi connectivity index (χ0) is 22.4. The lowest BCUT2D eigenvalue weighted by molar-refractivity contribution is -0.136. The molecular weight excluding hydrogens is 405 g/mol. The molecule has 1 aromatic heterocycles. The van der Waals surface area contributed by atoms with Gasteiger partial charge in [-0.3, -0.25) is 14.5 Å². The molecule has 8 heteroatoms. The van der Waals surface area contributed by atoms with E-state index in [9.17, 15) is 19.1 Å². The summed E-state index contributed by atoms with van der Waals surface area (Å²) in [4.78, 5) is 26.0. The monoisotopic (exact) mass is 433 g/mol. The van der Waals surface area contributed by atoms with Crippen molar-refractivity contribution in [2.75, 3.05) is 17.2 Å². The number of rotatable bonds is 3. The van der Waals surface area contributed by atoms with E-state index >= 15 is 0 Å². The van der Waals surface area contributed by atoms with E-state index in [1.54, 1.807) is 10.7 Å². The zero-order valence-electron chi connectivity index (χ0n) is 18.2. The lowest BCUT2D eigenvalue weighted by Gasteiger charge is -2.28. The predicted molar refractivity (Wildman–Crippen MR) is 117 cm³/mol. The number of anilines is 1. The molecule has 0 spiro atoms. The number of hydrogen-bond acceptors (Lipinski definition) is 4. The first-order valence-corrected chi connectivity index (χ1v) is 10.9. The van der Waals surface area contributed by atoms with E-state index in [1.807, 2.05) is 47.6 Å². The Morgan fingerprint density at radius 3 is 2.47 bits per heavy atom. The van der Waals surface area contributed by atoms with Crippen LogP contribution in [-0.4, -0.2) is 39.1 Å². The molecule has 162 valence electrons. The Bertz CT molecular complexity index is 988. The largest absolute Gasteiger partial charge is 0.480 e. The average Bonchev–Trinajstić information content (AvgIpc) is 2.95. The molecule has 2 aromatic rings. The Morgan fingerprint density at radius 1 is 1.27 bits per heavy atom. The van der Waals surface area contributed by atoms with Crippen molar-refractivity contribution in [3.8, 4) is 0 Å². The number of fused-ring (bicyclic) bond motifs is 1. The normalized spacial score (nSPS) is 17.6. The van der Waals surface area contributed by atoms with E-state index in [1.165, 1.54) is 28.8 Å². The van der Waals surface area contributed by atoms with Gasteiger partial charge in [-0.1, -0.05) is 32.9 Å². The Labute approximate surface area is 180 Å². The number of thioether (sulfide) groups is 1. The molecule has 1 atom stereocenters. The Balaban J connectivity index is 2.39. The first-order valence-electron chi connectivity index (χ1n) is 9.84. The molecule has 0 radical (unpaired) electrons. The van der Waals surface area contributed by atoms with Gasteiger partial charge in [0.05, 0.1) is 22.2 Å². The second-order valence-electron chi connectivity index (χ2n) is 9.54. The fourth-order valence-corrected chi connectivity index (χ4v) is 4.80. The van der Waals surface area contributed by atoms with E-state index in [0.717, 1.165) is 16.8 Å². The van der Waals surface area contributed by atoms with Gasteiger partial charge in [-0.25, -0.2) is 9.07 Å². The molecule has 6 nitrogen and oxygen atoms in total. The highest BCUT2D eigenvalue weighted by Crippen LogP contribution is 2.48. The van der Waals surface area contributed by atoms with Crippen LogP contribution in [0.2, 0.25) is 0 Å². The number of aliphatic carboxylic acids is 1. The number of benzene rings is 1. The van der Waals surface area contributed by atoms with E-state index in [0.29, 0.717) is 5.82 Å². The third kappa shape index (κ3) is 4.24. The summed E-state index contributed by atoms with van der Waals surface area (Å²) in [7, 11) is 0. The van der Waals surface area contributed by atoms with Gasteiger partial charge in [-0.2, -0.15) is 5.10 Å². The number of nitrogens with zero attached hydrogens (tertiary/aromatic N) is 3. The lowest BCUT2D eigenvalue weighted by Crippen LogP contribution is -2.40. The minimum atomic E-state index is -1.09. The third-order valence-corrected chi connectivity index (χ3v) is 6.13. The molecule has 0 bridgehead atoms. The molecule has 2 heterocycles. The van der Waals surface area contributed by atoms with Crippen LogP contribution in [0, 0.1) is 5.82 Å². The highest BCUT2D eigenvalue weighted by atomic mass is 32.2. The molecule has 0 saturated carbocycles. The standard InChI is InChI=1S/C22H28FN3O3S/c1-21(2,3)19-17-18(13-8-7-9-14(23)10-13)30-12-15(27)25(11-16(28)29)20(17)26(24-19)22(4,5)6/h7-10,18H,11-12H2,1-6H3,(H,28,29). The maximum atomic E-state index is 14.1. The van der Waals surface area contributed by atoms with Crippen LogP contribution in [0.15, 0.2) is 24.3 Å². The van der Waals surface area contributed by atoms with Crippen molar-refractivity contribution in [3.05, 3.63) is 46.9 Å². The van der Waals surface area contributed by atoms with Crippen LogP contribution >= 0.6 is 11.8 Å². The van der Waals surface area contributed by atoms with Crippen molar-refractivity contribution in [1.29, 1.82) is 0 Å². The molecule has 30 heavy (non-hydrogen) atoms. The van der Waals surface area contributed by atoms with Crippen LogP contribution in [0.4, 0.5) is 10.2 Å². The average molecular weight is 434 g/mol. The number of carboxylic acids is 1. The summed E-state index contributed by atoms with van der Waals surface area (Å²) in [6, 6.07) is 6.34. The second-order valence-corrected chi connectivity index (χ2v) is 10.6. The minimum Gasteiger partial charge on any atom is -0.480 e. The molecule has 0 saturated heterocycles. The molecule has 1 unspecified atom stereocenters. The minimum absolute atomic E-state index is 0.0941. The maximum Gasteiger partial charge on any atom is 0.323 e. The summed E-state index contributed by atoms with van der Waals surface area (Å²) in [5.41, 5.74) is 1.42. The van der Waals surface area contributed by atoms with E-state index in [2.05, 4.69) is 0 Å². The molecule has 1 N–H and O–H groups in total. The van der Waals surface area contributed by atoms with Crippen molar-refractivity contribution in [3.63, 3.8) is 0 Å². The Hall–Kier alpha value is -2.35. The van der Waals surface area contributed by atoms with Crippen LogP contribution in [0.5, 0.6) is 0 Å². The number of carbonyl (C=O) groups is 2. The number of halogens is 1. The maximum absolute atomic E-state index is 14.1. The number of carboxylic acid groups (broad SMARTS) is 1. The van der Waals surface area contributed by atoms with Crippen molar-refractivity contribution in [2.24, 2.45) is 0 Å². The molecular formula is C22H28FN3O3S. The second kappa shape index (κ2) is 7.72. The fraction of sp³-hybridized carbons (Fsp3) is 0.500. The van der Waals surface area contributed by atoms with Gasteiger partial charge in [0.2, 0.25) is 5.91 Å². The van der Waals surface area contributed by atoms with Gasteiger partial charge in [-0.05, 0) is 38.5 Å². The predicted octanol–water partition coefficient (Wildman–Crippen LogP) is 4.33. The highest BCUT2D eigenvalue weighted by molar-refractivity contribution is 8.00. The van der Waals surface area contributed by atoms with Crippen LogP contribution in [0.25, 0.3) is 0 Å². The number of amides is 1. The smallest absolute Gasteiger partial charge is 0.323 e. The van der Waals surface area contributed by atoms with Gasteiger partial charge < -0.3 is 5.11 Å². The molecule has 1 amide bonds. The van der Waals surface area contributed by atoms with Crippen LogP contribution in [0.3, 0.4) is 0 Å². The fourth-order valence-electron chi connectivity index (χ4n) is 3.61. The molecule has 0 fully saturated rings. The highest BCUT2D eigenvalue weighted by Gasteiger charge is 2.41. The van der Waals surface area contributed by atoms with Gasteiger partial charge in [0.1, 0.15) is 18.2 Å². The number of aromatic nitrogens is 2. The lowest BCUT2D eigenvalue weighted by atomic mass is 9.87. The summed E-state index contributed by atoms with van der Waals surface area (Å²) in [5, 5.41) is 14.0. The van der Waals surface area contributed by atoms with Crippen molar-refractivity contribution >= 4 is 29.5 Å². The molecule has 1 aliphatic rings. The summed E-state index contributed by atoms with van der Waals surface area (Å²) in [6.07, 6.45) is 0. The first-order chi connectivity index (χ1) is 13.8. The number of hydrogen-bond donors (Lipinski definition) is 1. The molecule has 3 rings (SSSR count). The Kier molecular flexibility index (Phi) is 5.75. The SMILES string of the molecule is CC(C)(C)c1nn(C(C)(C)C)c2c1C(c1cccc(F)c1)SCC(=O)N2CC(=O)O. The van der Waals surface area contributed by atoms with Crippen molar-refractivity contribution < 1.29 is 19.1 Å². The van der Waals surface area contributed by atoms with Crippen LogP contribution in [-0.2, 0) is 20.5 Å². The van der Waals surface area contributed by atoms with E-state index in [4.69, 9.17) is 5.10 Å². The first kappa shape index (κ1) is 22.3. The van der Waals surface area contributed by atoms with Gasteiger partial charge in [0.15, 0.2) is 0 Å². The third-order valence-electron chi connectivity index (χ3n) is 4.88. The Morgan fingerprint density at radius 2 is 1.93 bits per heavy atom. The van der Waals surface area contributed by atoms with Gasteiger partial charge in [-0.15, -0.1) is 11.8 Å². The molecule has 1 aliphatic heterocycles. The van der Waals surface area contributed by atoms with Gasteiger partial charge in [0.25, 0.3) is 0 Å². The molecule has 1 aromatic carbocycles. The topological polar surface area (TPSA) is 75.4 Å². The molecule has 0 aliphatic carbocycles. The van der Waals surface area contributed by atoms with Gasteiger partial charge >= 0.3 is 5.97 Å². The zero-order valence-corrected chi connectivity index (χ0v) is 19.0. The van der Waals surface area contributed by atoms with Crippen LogP contribution < -0.4 is 4.90 Å². The quantitative estimate of drug-likeness (QED) is 0.780. The summed E-state index contributed by atoms with van der Waals surface area (Å²) < 4.78 is 15.8. The number of carbonyl (C=O) groups excluding carboxylic acids is 1. The van der Waals surface area contributed by atoms with E-state index in [-0.39, 0.29) is 28.1 Å². The van der Waals surface area contributed by atoms with Crippen molar-refractivity contribution in [2.45, 2.75) is 57.7 Å². The summed E-state index contributed by atoms with van der Waals surface area (Å²) >= 11 is 1.38. The van der Waals surface area contributed by atoms with Gasteiger partial charge in [0, 0.05) is 11.0 Å². The van der Waals surface area contributed by atoms with Crippen LogP contribution in [0.1, 0.15) is 63.6 Å².